The van der Waals surface area contributed by atoms with Crippen molar-refractivity contribution in [3.63, 3.8) is 0 Å². The summed E-state index contributed by atoms with van der Waals surface area (Å²) in [4.78, 5) is 3.95. The van der Waals surface area contributed by atoms with Crippen LogP contribution in [0.5, 0.6) is 0 Å². The largest absolute Gasteiger partial charge is 0.416 e. The highest BCUT2D eigenvalue weighted by Gasteiger charge is 2.33. The number of aliphatic imine (C=N–C) groups is 1. The third-order valence-electron chi connectivity index (χ3n) is 4.17. The normalized spacial score (nSPS) is 14.5. The minimum Gasteiger partial charge on any atom is -0.370 e. The number of aryl methyl sites for hydroxylation is 2. The zero-order valence-corrected chi connectivity index (χ0v) is 13.3. The van der Waals surface area contributed by atoms with Crippen molar-refractivity contribution in [1.29, 1.82) is 0 Å². The van der Waals surface area contributed by atoms with Gasteiger partial charge in [-0.15, -0.1) is 0 Å². The predicted octanol–water partition coefficient (Wildman–Crippen LogP) is 4.26. The van der Waals surface area contributed by atoms with E-state index in [9.17, 15) is 17.6 Å². The highest BCUT2D eigenvalue weighted by atomic mass is 19.4. The summed E-state index contributed by atoms with van der Waals surface area (Å²) < 4.78 is 52.0. The van der Waals surface area contributed by atoms with Gasteiger partial charge < -0.3 is 11.1 Å². The first-order chi connectivity index (χ1) is 11.8. The second-order valence-electron chi connectivity index (χ2n) is 5.96. The molecule has 0 aromatic heterocycles. The average molecular weight is 351 g/mol. The number of hydrogen-bond donors (Lipinski definition) is 2. The van der Waals surface area contributed by atoms with E-state index in [1.54, 1.807) is 0 Å². The van der Waals surface area contributed by atoms with Gasteiger partial charge in [0.15, 0.2) is 5.96 Å². The van der Waals surface area contributed by atoms with Crippen molar-refractivity contribution in [2.24, 2.45) is 10.7 Å². The lowest BCUT2D eigenvalue weighted by Gasteiger charge is -2.12. The molecule has 0 aliphatic heterocycles. The highest BCUT2D eigenvalue weighted by molar-refractivity contribution is 5.92. The molecule has 0 unspecified atom stereocenters. The van der Waals surface area contributed by atoms with E-state index in [0.717, 1.165) is 37.1 Å². The maximum atomic E-state index is 13.1. The molecule has 0 saturated carbocycles. The number of nitrogens with one attached hydrogen (secondary N) is 1. The zero-order chi connectivity index (χ0) is 18.0. The van der Waals surface area contributed by atoms with Crippen LogP contribution < -0.4 is 11.1 Å². The molecule has 0 fully saturated rings. The van der Waals surface area contributed by atoms with Crippen LogP contribution >= 0.6 is 0 Å². The van der Waals surface area contributed by atoms with Gasteiger partial charge in [-0.05, 0) is 60.2 Å². The van der Waals surface area contributed by atoms with Crippen LogP contribution in [0, 0.1) is 5.82 Å². The van der Waals surface area contributed by atoms with Crippen molar-refractivity contribution in [2.45, 2.75) is 32.0 Å². The molecule has 1 aliphatic carbocycles. The van der Waals surface area contributed by atoms with Gasteiger partial charge in [-0.25, -0.2) is 9.38 Å². The molecule has 3 rings (SSSR count). The summed E-state index contributed by atoms with van der Waals surface area (Å²) >= 11 is 0. The fraction of sp³-hybridized carbons (Fsp3) is 0.278. The Morgan fingerprint density at radius 1 is 1.08 bits per heavy atom. The van der Waals surface area contributed by atoms with Crippen LogP contribution in [0.1, 0.15) is 28.7 Å². The topological polar surface area (TPSA) is 50.4 Å². The van der Waals surface area contributed by atoms with Gasteiger partial charge in [0.05, 0.1) is 12.1 Å². The lowest BCUT2D eigenvalue weighted by Crippen LogP contribution is -2.23. The van der Waals surface area contributed by atoms with E-state index in [4.69, 9.17) is 5.73 Å². The summed E-state index contributed by atoms with van der Waals surface area (Å²) in [6, 6.07) is 8.37. The van der Waals surface area contributed by atoms with Gasteiger partial charge in [-0.1, -0.05) is 12.1 Å². The number of nitrogens with two attached hydrogens (primary N) is 1. The number of hydrogen-bond acceptors (Lipinski definition) is 1. The number of halogens is 4. The Balaban J connectivity index is 1.74. The number of nitrogens with zero attached hydrogens (tertiary/aromatic N) is 1. The lowest BCUT2D eigenvalue weighted by atomic mass is 10.1. The molecule has 0 spiro atoms. The second-order valence-corrected chi connectivity index (χ2v) is 5.96. The van der Waals surface area contributed by atoms with Gasteiger partial charge in [-0.3, -0.25) is 0 Å². The zero-order valence-electron chi connectivity index (χ0n) is 13.3. The number of rotatable bonds is 3. The Hall–Kier alpha value is -2.57. The average Bonchev–Trinajstić information content (AvgIpc) is 3.00. The van der Waals surface area contributed by atoms with Crippen molar-refractivity contribution in [3.05, 3.63) is 64.5 Å². The molecule has 0 radical (unpaired) electrons. The van der Waals surface area contributed by atoms with Crippen molar-refractivity contribution in [3.8, 4) is 0 Å². The van der Waals surface area contributed by atoms with Crippen molar-refractivity contribution < 1.29 is 17.6 Å². The molecular weight excluding hydrogens is 334 g/mol. The van der Waals surface area contributed by atoms with Gasteiger partial charge in [0.25, 0.3) is 0 Å². The molecule has 1 aliphatic rings. The van der Waals surface area contributed by atoms with E-state index < -0.39 is 17.6 Å². The van der Waals surface area contributed by atoms with Crippen LogP contribution in [0.2, 0.25) is 0 Å². The summed E-state index contributed by atoms with van der Waals surface area (Å²) in [5.74, 6) is -0.931. The number of benzene rings is 2. The van der Waals surface area contributed by atoms with Crippen molar-refractivity contribution in [1.82, 2.24) is 0 Å². The second kappa shape index (κ2) is 6.74. The van der Waals surface area contributed by atoms with E-state index in [0.29, 0.717) is 6.07 Å². The first-order valence-electron chi connectivity index (χ1n) is 7.87. The Morgan fingerprint density at radius 3 is 2.60 bits per heavy atom. The van der Waals surface area contributed by atoms with Crippen LogP contribution in [0.25, 0.3) is 0 Å². The highest BCUT2D eigenvalue weighted by Crippen LogP contribution is 2.33. The van der Waals surface area contributed by atoms with Crippen LogP contribution in [0.4, 0.5) is 23.2 Å². The standard InChI is InChI=1S/C18H17F4N3/c19-14-6-4-13(16(9-14)18(20,21)22)10-24-17(23)25-15-7-5-11-2-1-3-12(11)8-15/h4-9H,1-3,10H2,(H3,23,24,25). The number of anilines is 1. The fourth-order valence-electron chi connectivity index (χ4n) is 2.96. The van der Waals surface area contributed by atoms with E-state index in [1.165, 1.54) is 11.1 Å². The Morgan fingerprint density at radius 2 is 1.84 bits per heavy atom. The molecule has 2 aromatic rings. The molecule has 2 aromatic carbocycles. The third kappa shape index (κ3) is 4.10. The molecule has 3 nitrogen and oxygen atoms in total. The molecule has 25 heavy (non-hydrogen) atoms. The van der Waals surface area contributed by atoms with Gasteiger partial charge in [-0.2, -0.15) is 13.2 Å². The van der Waals surface area contributed by atoms with Crippen LogP contribution in [0.3, 0.4) is 0 Å². The monoisotopic (exact) mass is 351 g/mol. The molecule has 3 N–H and O–H groups in total. The Bertz CT molecular complexity index is 812. The molecular formula is C18H17F4N3. The SMILES string of the molecule is NC(=NCc1ccc(F)cc1C(F)(F)F)Nc1ccc2c(c1)CCC2. The van der Waals surface area contributed by atoms with Crippen molar-refractivity contribution in [2.75, 3.05) is 5.32 Å². The molecule has 0 heterocycles. The van der Waals surface area contributed by atoms with Crippen molar-refractivity contribution >= 4 is 11.6 Å². The summed E-state index contributed by atoms with van der Waals surface area (Å²) in [7, 11) is 0. The molecule has 0 amide bonds. The smallest absolute Gasteiger partial charge is 0.370 e. The number of guanidine groups is 1. The molecule has 7 heteroatoms. The fourth-order valence-corrected chi connectivity index (χ4v) is 2.96. The molecule has 0 atom stereocenters. The van der Waals surface area contributed by atoms with Gasteiger partial charge in [0.1, 0.15) is 5.82 Å². The minimum absolute atomic E-state index is 0.00963. The molecule has 132 valence electrons. The molecule has 0 saturated heterocycles. The maximum Gasteiger partial charge on any atom is 0.416 e. The summed E-state index contributed by atoms with van der Waals surface area (Å²) in [5, 5.41) is 2.88. The van der Waals surface area contributed by atoms with Crippen LogP contribution in [-0.2, 0) is 25.6 Å². The molecule has 0 bridgehead atoms. The maximum absolute atomic E-state index is 13.1. The summed E-state index contributed by atoms with van der Waals surface area (Å²) in [6.45, 7) is -0.293. The quantitative estimate of drug-likeness (QED) is 0.493. The van der Waals surface area contributed by atoms with Gasteiger partial charge >= 0.3 is 6.18 Å². The van der Waals surface area contributed by atoms with Gasteiger partial charge in [0.2, 0.25) is 0 Å². The van der Waals surface area contributed by atoms with Crippen LogP contribution in [-0.4, -0.2) is 5.96 Å². The van der Waals surface area contributed by atoms with Crippen LogP contribution in [0.15, 0.2) is 41.4 Å². The summed E-state index contributed by atoms with van der Waals surface area (Å²) in [5.41, 5.74) is 7.90. The Labute approximate surface area is 142 Å². The number of fused-ring (bicyclic) bond motifs is 1. The first-order valence-corrected chi connectivity index (χ1v) is 7.87. The first kappa shape index (κ1) is 17.3. The van der Waals surface area contributed by atoms with E-state index in [2.05, 4.69) is 10.3 Å². The Kier molecular flexibility index (Phi) is 4.65. The summed E-state index contributed by atoms with van der Waals surface area (Å²) in [6.07, 6.45) is -1.46. The minimum atomic E-state index is -4.64. The van der Waals surface area contributed by atoms with E-state index in [-0.39, 0.29) is 18.1 Å². The predicted molar refractivity (Wildman–Crippen MR) is 88.8 cm³/mol. The van der Waals surface area contributed by atoms with E-state index >= 15 is 0 Å². The lowest BCUT2D eigenvalue weighted by molar-refractivity contribution is -0.138. The number of alkyl halides is 3. The van der Waals surface area contributed by atoms with Gasteiger partial charge in [0, 0.05) is 5.69 Å². The third-order valence-corrected chi connectivity index (χ3v) is 4.17. The van der Waals surface area contributed by atoms with E-state index in [1.807, 2.05) is 18.2 Å².